The van der Waals surface area contributed by atoms with E-state index >= 15 is 0 Å². The number of nitrogens with one attached hydrogen (secondary N) is 1. The molecular weight excluding hydrogens is 166 g/mol. The van der Waals surface area contributed by atoms with Crippen LogP contribution in [0, 0.1) is 11.3 Å². The van der Waals surface area contributed by atoms with Crippen LogP contribution in [0.1, 0.15) is 34.1 Å². The Hall–Kier alpha value is -0.570. The Labute approximate surface area is 79.5 Å². The number of carboxylic acids is 1. The van der Waals surface area contributed by atoms with Crippen LogP contribution in [0.3, 0.4) is 0 Å². The molecule has 1 aliphatic rings. The van der Waals surface area contributed by atoms with Crippen molar-refractivity contribution in [1.82, 2.24) is 5.32 Å². The minimum Gasteiger partial charge on any atom is -0.481 e. The zero-order valence-corrected chi connectivity index (χ0v) is 8.79. The Morgan fingerprint density at radius 3 is 2.31 bits per heavy atom. The van der Waals surface area contributed by atoms with Gasteiger partial charge in [-0.05, 0) is 18.8 Å². The average Bonchev–Trinajstić information content (AvgIpc) is 2.56. The van der Waals surface area contributed by atoms with E-state index in [1.807, 2.05) is 6.92 Å². The molecule has 76 valence electrons. The highest BCUT2D eigenvalue weighted by atomic mass is 16.4. The monoisotopic (exact) mass is 185 g/mol. The van der Waals surface area contributed by atoms with E-state index in [9.17, 15) is 4.79 Å². The molecule has 0 radical (unpaired) electrons. The van der Waals surface area contributed by atoms with E-state index < -0.39 is 5.97 Å². The molecule has 0 heterocycles. The third kappa shape index (κ3) is 2.44. The molecule has 0 amide bonds. The van der Waals surface area contributed by atoms with Crippen LogP contribution in [0.5, 0.6) is 0 Å². The van der Waals surface area contributed by atoms with Gasteiger partial charge in [-0.25, -0.2) is 0 Å². The standard InChI is InChI=1S/C10H19NO2/c1-6(9(12)13)7(2)11-8-5-10(8,3)4/h6-8,11H,5H2,1-4H3,(H,12,13). The van der Waals surface area contributed by atoms with Gasteiger partial charge in [0.1, 0.15) is 0 Å². The van der Waals surface area contributed by atoms with E-state index in [1.165, 1.54) is 0 Å². The Morgan fingerprint density at radius 1 is 1.54 bits per heavy atom. The largest absolute Gasteiger partial charge is 0.481 e. The van der Waals surface area contributed by atoms with Gasteiger partial charge in [-0.1, -0.05) is 20.8 Å². The Kier molecular flexibility index (Phi) is 2.66. The van der Waals surface area contributed by atoms with Crippen LogP contribution in [0.2, 0.25) is 0 Å². The quantitative estimate of drug-likeness (QED) is 0.697. The van der Waals surface area contributed by atoms with Gasteiger partial charge in [-0.3, -0.25) is 4.79 Å². The van der Waals surface area contributed by atoms with Crippen molar-refractivity contribution in [3.8, 4) is 0 Å². The number of aliphatic carboxylic acids is 1. The maximum atomic E-state index is 10.7. The topological polar surface area (TPSA) is 49.3 Å². The summed E-state index contributed by atoms with van der Waals surface area (Å²) in [6.45, 7) is 8.08. The molecule has 1 rings (SSSR count). The number of carboxylic acid groups (broad SMARTS) is 1. The van der Waals surface area contributed by atoms with E-state index in [4.69, 9.17) is 5.11 Å². The summed E-state index contributed by atoms with van der Waals surface area (Å²) in [4.78, 5) is 10.7. The van der Waals surface area contributed by atoms with Crippen LogP contribution >= 0.6 is 0 Å². The van der Waals surface area contributed by atoms with Crippen LogP contribution < -0.4 is 5.32 Å². The summed E-state index contributed by atoms with van der Waals surface area (Å²) in [5.74, 6) is -1.03. The molecule has 0 aliphatic heterocycles. The average molecular weight is 185 g/mol. The van der Waals surface area contributed by atoms with Crippen LogP contribution in [-0.2, 0) is 4.79 Å². The highest BCUT2D eigenvalue weighted by Gasteiger charge is 2.46. The summed E-state index contributed by atoms with van der Waals surface area (Å²) < 4.78 is 0. The lowest BCUT2D eigenvalue weighted by Crippen LogP contribution is -2.38. The van der Waals surface area contributed by atoms with Crippen molar-refractivity contribution in [2.75, 3.05) is 0 Å². The van der Waals surface area contributed by atoms with Gasteiger partial charge >= 0.3 is 5.97 Å². The molecule has 1 aliphatic carbocycles. The summed E-state index contributed by atoms with van der Waals surface area (Å²) in [6.07, 6.45) is 1.16. The van der Waals surface area contributed by atoms with Crippen molar-refractivity contribution in [2.24, 2.45) is 11.3 Å². The van der Waals surface area contributed by atoms with E-state index in [-0.39, 0.29) is 12.0 Å². The normalized spacial score (nSPS) is 29.4. The van der Waals surface area contributed by atoms with Gasteiger partial charge in [0, 0.05) is 12.1 Å². The third-order valence-electron chi connectivity index (χ3n) is 3.12. The minimum atomic E-state index is -0.724. The molecule has 0 spiro atoms. The van der Waals surface area contributed by atoms with Gasteiger partial charge in [-0.2, -0.15) is 0 Å². The first-order valence-corrected chi connectivity index (χ1v) is 4.83. The molecule has 3 heteroatoms. The van der Waals surface area contributed by atoms with Crippen molar-refractivity contribution in [1.29, 1.82) is 0 Å². The van der Waals surface area contributed by atoms with Crippen molar-refractivity contribution in [2.45, 2.75) is 46.2 Å². The first-order valence-electron chi connectivity index (χ1n) is 4.83. The first-order chi connectivity index (χ1) is 5.84. The van der Waals surface area contributed by atoms with E-state index in [0.29, 0.717) is 11.5 Å². The SMILES string of the molecule is CC(NC1CC1(C)C)C(C)C(=O)O. The smallest absolute Gasteiger partial charge is 0.307 e. The number of hydrogen-bond acceptors (Lipinski definition) is 2. The molecule has 3 nitrogen and oxygen atoms in total. The van der Waals surface area contributed by atoms with Crippen LogP contribution in [0.15, 0.2) is 0 Å². The van der Waals surface area contributed by atoms with Gasteiger partial charge in [0.25, 0.3) is 0 Å². The molecule has 0 saturated heterocycles. The molecule has 0 bridgehead atoms. The second kappa shape index (κ2) is 3.29. The lowest BCUT2D eigenvalue weighted by Gasteiger charge is -2.18. The first kappa shape index (κ1) is 10.5. The summed E-state index contributed by atoms with van der Waals surface area (Å²) in [5.41, 5.74) is 0.368. The number of hydrogen-bond donors (Lipinski definition) is 2. The fourth-order valence-electron chi connectivity index (χ4n) is 1.43. The second-order valence-electron chi connectivity index (χ2n) is 4.83. The van der Waals surface area contributed by atoms with Gasteiger partial charge in [0.15, 0.2) is 0 Å². The van der Waals surface area contributed by atoms with Gasteiger partial charge in [0.05, 0.1) is 5.92 Å². The maximum Gasteiger partial charge on any atom is 0.307 e. The number of carbonyl (C=O) groups is 1. The predicted molar refractivity (Wildman–Crippen MR) is 51.6 cm³/mol. The molecule has 1 saturated carbocycles. The molecule has 0 aromatic carbocycles. The summed E-state index contributed by atoms with van der Waals surface area (Å²) in [7, 11) is 0. The highest BCUT2D eigenvalue weighted by molar-refractivity contribution is 5.70. The molecular formula is C10H19NO2. The third-order valence-corrected chi connectivity index (χ3v) is 3.12. The molecule has 0 aromatic rings. The minimum absolute atomic E-state index is 0.0595. The highest BCUT2D eigenvalue weighted by Crippen LogP contribution is 2.45. The Morgan fingerprint density at radius 2 is 2.00 bits per heavy atom. The summed E-state index contributed by atoms with van der Waals surface area (Å²) >= 11 is 0. The fraction of sp³-hybridized carbons (Fsp3) is 0.900. The van der Waals surface area contributed by atoms with E-state index in [2.05, 4.69) is 19.2 Å². The fourth-order valence-corrected chi connectivity index (χ4v) is 1.43. The Bertz CT molecular complexity index is 213. The van der Waals surface area contributed by atoms with Crippen molar-refractivity contribution in [3.63, 3.8) is 0 Å². The van der Waals surface area contributed by atoms with Crippen LogP contribution in [0.25, 0.3) is 0 Å². The number of rotatable bonds is 4. The van der Waals surface area contributed by atoms with E-state index in [1.54, 1.807) is 6.92 Å². The second-order valence-corrected chi connectivity index (χ2v) is 4.83. The zero-order valence-electron chi connectivity index (χ0n) is 8.79. The molecule has 2 N–H and O–H groups in total. The van der Waals surface area contributed by atoms with Crippen molar-refractivity contribution in [3.05, 3.63) is 0 Å². The van der Waals surface area contributed by atoms with Gasteiger partial charge in [0.2, 0.25) is 0 Å². The lowest BCUT2D eigenvalue weighted by molar-refractivity contribution is -0.141. The van der Waals surface area contributed by atoms with Crippen LogP contribution in [-0.4, -0.2) is 23.2 Å². The van der Waals surface area contributed by atoms with Gasteiger partial charge in [-0.15, -0.1) is 0 Å². The molecule has 3 unspecified atom stereocenters. The van der Waals surface area contributed by atoms with Crippen molar-refractivity contribution >= 4 is 5.97 Å². The molecule has 13 heavy (non-hydrogen) atoms. The lowest BCUT2D eigenvalue weighted by atomic mass is 10.0. The summed E-state index contributed by atoms with van der Waals surface area (Å²) in [5, 5.41) is 12.1. The van der Waals surface area contributed by atoms with E-state index in [0.717, 1.165) is 6.42 Å². The van der Waals surface area contributed by atoms with Crippen LogP contribution in [0.4, 0.5) is 0 Å². The molecule has 3 atom stereocenters. The van der Waals surface area contributed by atoms with Crippen molar-refractivity contribution < 1.29 is 9.90 Å². The Balaban J connectivity index is 2.34. The van der Waals surface area contributed by atoms with Gasteiger partial charge < -0.3 is 10.4 Å². The predicted octanol–water partition coefficient (Wildman–Crippen LogP) is 1.48. The zero-order chi connectivity index (χ0) is 10.2. The molecule has 1 fully saturated rings. The summed E-state index contributed by atoms with van der Waals surface area (Å²) in [6, 6.07) is 0.563. The maximum absolute atomic E-state index is 10.7. The molecule has 0 aromatic heterocycles.